The minimum Gasteiger partial charge on any atom is -0.310 e. The number of halogens is 2. The lowest BCUT2D eigenvalue weighted by Crippen LogP contribution is -2.26. The Hall–Kier alpha value is -0.460. The molecule has 1 aliphatic carbocycles. The van der Waals surface area contributed by atoms with Gasteiger partial charge in [0.05, 0.1) is 2.88 Å². The highest BCUT2D eigenvalue weighted by molar-refractivity contribution is 14.1. The Balaban J connectivity index is 1.61. The number of thiophene rings is 1. The van der Waals surface area contributed by atoms with Crippen LogP contribution in [0.4, 0.5) is 4.39 Å². The molecule has 0 saturated heterocycles. The van der Waals surface area contributed by atoms with Crippen molar-refractivity contribution in [3.8, 4) is 0 Å². The topological polar surface area (TPSA) is 12.0 Å². The second-order valence-corrected chi connectivity index (χ2v) is 8.20. The van der Waals surface area contributed by atoms with Crippen LogP contribution in [0, 0.1) is 8.70 Å². The van der Waals surface area contributed by atoms with Crippen LogP contribution in [0.25, 0.3) is 0 Å². The minimum atomic E-state index is -0.0938. The van der Waals surface area contributed by atoms with Gasteiger partial charge in [0.2, 0.25) is 0 Å². The van der Waals surface area contributed by atoms with Crippen LogP contribution in [-0.4, -0.2) is 6.54 Å². The van der Waals surface area contributed by atoms with Crippen LogP contribution in [-0.2, 0) is 12.8 Å². The zero-order valence-corrected chi connectivity index (χ0v) is 14.1. The summed E-state index contributed by atoms with van der Waals surface area (Å²) in [6, 6.07) is 9.81. The summed E-state index contributed by atoms with van der Waals surface area (Å²) in [6.45, 7) is 0.831. The van der Waals surface area contributed by atoms with E-state index in [1.165, 1.54) is 38.7 Å². The van der Waals surface area contributed by atoms with E-state index in [2.05, 4.69) is 34.0 Å². The second kappa shape index (κ2) is 6.54. The van der Waals surface area contributed by atoms with Gasteiger partial charge in [-0.25, -0.2) is 4.39 Å². The summed E-state index contributed by atoms with van der Waals surface area (Å²) in [5, 5.41) is 3.60. The smallest absolute Gasteiger partial charge is 0.126 e. The van der Waals surface area contributed by atoms with Gasteiger partial charge in [-0.2, -0.15) is 0 Å². The zero-order valence-electron chi connectivity index (χ0n) is 11.2. The van der Waals surface area contributed by atoms with E-state index in [1.807, 2.05) is 23.5 Å². The highest BCUT2D eigenvalue weighted by atomic mass is 127. The molecule has 1 heterocycles. The largest absolute Gasteiger partial charge is 0.310 e. The maximum absolute atomic E-state index is 13.6. The number of benzene rings is 1. The first kappa shape index (κ1) is 14.5. The fourth-order valence-electron chi connectivity index (χ4n) is 2.82. The van der Waals surface area contributed by atoms with Gasteiger partial charge in [-0.3, -0.25) is 0 Å². The fourth-order valence-corrected chi connectivity index (χ4v) is 4.94. The normalized spacial score (nSPS) is 18.0. The van der Waals surface area contributed by atoms with Crippen LogP contribution in [0.2, 0.25) is 0 Å². The molecule has 0 saturated carbocycles. The van der Waals surface area contributed by atoms with E-state index in [0.29, 0.717) is 6.04 Å². The van der Waals surface area contributed by atoms with E-state index in [-0.39, 0.29) is 5.82 Å². The van der Waals surface area contributed by atoms with Crippen LogP contribution < -0.4 is 5.32 Å². The number of hydrogen-bond acceptors (Lipinski definition) is 2. The van der Waals surface area contributed by atoms with Crippen molar-refractivity contribution in [2.75, 3.05) is 6.54 Å². The second-order valence-electron chi connectivity index (χ2n) is 5.17. The molecule has 3 rings (SSSR count). The molecule has 1 unspecified atom stereocenters. The van der Waals surface area contributed by atoms with Gasteiger partial charge in [0.25, 0.3) is 0 Å². The third-order valence-corrected chi connectivity index (χ3v) is 5.80. The van der Waals surface area contributed by atoms with Crippen molar-refractivity contribution in [2.45, 2.75) is 31.7 Å². The molecule has 1 aliphatic rings. The van der Waals surface area contributed by atoms with Crippen molar-refractivity contribution < 1.29 is 4.39 Å². The first-order valence-electron chi connectivity index (χ1n) is 6.99. The summed E-state index contributed by atoms with van der Waals surface area (Å²) in [5.41, 5.74) is 2.27. The van der Waals surface area contributed by atoms with Gasteiger partial charge in [-0.05, 0) is 78.1 Å². The molecule has 1 atom stereocenters. The molecule has 2 aromatic rings. The number of fused-ring (bicyclic) bond motifs is 1. The van der Waals surface area contributed by atoms with Gasteiger partial charge in [0, 0.05) is 10.9 Å². The molecule has 0 bridgehead atoms. The lowest BCUT2D eigenvalue weighted by atomic mass is 9.94. The quantitative estimate of drug-likeness (QED) is 0.733. The summed E-state index contributed by atoms with van der Waals surface area (Å²) in [4.78, 5) is 1.53. The van der Waals surface area contributed by atoms with E-state index >= 15 is 0 Å². The number of hydrogen-bond donors (Lipinski definition) is 1. The van der Waals surface area contributed by atoms with E-state index in [4.69, 9.17) is 0 Å². The first-order valence-corrected chi connectivity index (χ1v) is 8.88. The number of rotatable bonds is 4. The van der Waals surface area contributed by atoms with Crippen LogP contribution in [0.1, 0.15) is 34.9 Å². The molecule has 1 aromatic heterocycles. The molecule has 1 nitrogen and oxygen atoms in total. The number of aryl methyl sites for hydroxylation is 1. The Morgan fingerprint density at radius 3 is 3.05 bits per heavy atom. The molecule has 0 fully saturated rings. The van der Waals surface area contributed by atoms with Gasteiger partial charge < -0.3 is 5.32 Å². The highest BCUT2D eigenvalue weighted by Crippen LogP contribution is 2.36. The van der Waals surface area contributed by atoms with E-state index in [9.17, 15) is 4.39 Å². The SMILES string of the molecule is Fc1ccccc1CCNC1CCCc2sc(I)cc21. The molecule has 0 radical (unpaired) electrons. The lowest BCUT2D eigenvalue weighted by molar-refractivity contribution is 0.464. The predicted molar refractivity (Wildman–Crippen MR) is 90.8 cm³/mol. The standard InChI is InChI=1S/C16H17FINS/c17-13-5-2-1-4-11(13)8-9-19-14-6-3-7-15-12(14)10-16(18)20-15/h1-2,4-5,10,14,19H,3,6-9H2. The van der Waals surface area contributed by atoms with Crippen LogP contribution in [0.5, 0.6) is 0 Å². The van der Waals surface area contributed by atoms with Gasteiger partial charge in [0.15, 0.2) is 0 Å². The summed E-state index contributed by atoms with van der Waals surface area (Å²) < 4.78 is 14.9. The Labute approximate surface area is 136 Å². The van der Waals surface area contributed by atoms with E-state index in [1.54, 1.807) is 6.07 Å². The van der Waals surface area contributed by atoms with Crippen molar-refractivity contribution >= 4 is 33.9 Å². The third kappa shape index (κ3) is 3.23. The van der Waals surface area contributed by atoms with Crippen molar-refractivity contribution in [1.82, 2.24) is 5.32 Å². The van der Waals surface area contributed by atoms with Crippen LogP contribution in [0.15, 0.2) is 30.3 Å². The van der Waals surface area contributed by atoms with Crippen molar-refractivity contribution in [1.29, 1.82) is 0 Å². The number of nitrogens with one attached hydrogen (secondary N) is 1. The van der Waals surface area contributed by atoms with Gasteiger partial charge in [-0.15, -0.1) is 11.3 Å². The lowest BCUT2D eigenvalue weighted by Gasteiger charge is -2.23. The maximum atomic E-state index is 13.6. The average Bonchev–Trinajstić information content (AvgIpc) is 2.82. The molecule has 1 aromatic carbocycles. The Kier molecular flexibility index (Phi) is 4.73. The van der Waals surface area contributed by atoms with Crippen molar-refractivity contribution in [3.05, 3.63) is 55.0 Å². The molecule has 0 spiro atoms. The predicted octanol–water partition coefficient (Wildman–Crippen LogP) is 4.70. The van der Waals surface area contributed by atoms with Gasteiger partial charge >= 0.3 is 0 Å². The van der Waals surface area contributed by atoms with Crippen LogP contribution in [0.3, 0.4) is 0 Å². The maximum Gasteiger partial charge on any atom is 0.126 e. The molecule has 0 amide bonds. The van der Waals surface area contributed by atoms with Gasteiger partial charge in [0.1, 0.15) is 5.82 Å². The Morgan fingerprint density at radius 2 is 2.20 bits per heavy atom. The zero-order chi connectivity index (χ0) is 13.9. The molecule has 106 valence electrons. The van der Waals surface area contributed by atoms with Crippen molar-refractivity contribution in [2.24, 2.45) is 0 Å². The monoisotopic (exact) mass is 401 g/mol. The third-order valence-electron chi connectivity index (χ3n) is 3.83. The van der Waals surface area contributed by atoms with E-state index < -0.39 is 0 Å². The molecule has 20 heavy (non-hydrogen) atoms. The highest BCUT2D eigenvalue weighted by Gasteiger charge is 2.21. The molecule has 0 aliphatic heterocycles. The summed E-state index contributed by atoms with van der Waals surface area (Å²) in [6.07, 6.45) is 4.41. The Bertz CT molecular complexity index is 596. The molecule has 1 N–H and O–H groups in total. The van der Waals surface area contributed by atoms with E-state index in [0.717, 1.165) is 18.5 Å². The molecular weight excluding hydrogens is 384 g/mol. The summed E-state index contributed by atoms with van der Waals surface area (Å²) in [7, 11) is 0. The average molecular weight is 401 g/mol. The summed E-state index contributed by atoms with van der Waals surface area (Å²) in [5.74, 6) is -0.0938. The molecule has 4 heteroatoms. The molecular formula is C16H17FINS. The van der Waals surface area contributed by atoms with Crippen molar-refractivity contribution in [3.63, 3.8) is 0 Å². The fraction of sp³-hybridized carbons (Fsp3) is 0.375. The minimum absolute atomic E-state index is 0.0938. The Morgan fingerprint density at radius 1 is 1.35 bits per heavy atom. The van der Waals surface area contributed by atoms with Gasteiger partial charge in [-0.1, -0.05) is 18.2 Å². The van der Waals surface area contributed by atoms with Crippen LogP contribution >= 0.6 is 33.9 Å². The summed E-state index contributed by atoms with van der Waals surface area (Å²) >= 11 is 4.32. The first-order chi connectivity index (χ1) is 9.74.